The number of hydrogen-bond acceptors (Lipinski definition) is 3. The van der Waals surface area contributed by atoms with E-state index in [-0.39, 0.29) is 5.91 Å². The van der Waals surface area contributed by atoms with Gasteiger partial charge >= 0.3 is 0 Å². The van der Waals surface area contributed by atoms with Gasteiger partial charge in [-0.25, -0.2) is 0 Å². The quantitative estimate of drug-likeness (QED) is 0.898. The number of carbonyl (C=O) groups is 1. The minimum absolute atomic E-state index is 0.0141. The van der Waals surface area contributed by atoms with Gasteiger partial charge in [0.15, 0.2) is 0 Å². The average molecular weight is 310 g/mol. The Balaban J connectivity index is 2.76. The summed E-state index contributed by atoms with van der Waals surface area (Å²) in [5.74, 6) is -0.0141. The molecule has 0 spiro atoms. The van der Waals surface area contributed by atoms with E-state index in [9.17, 15) is 4.79 Å². The van der Waals surface area contributed by atoms with Crippen molar-refractivity contribution in [2.45, 2.75) is 13.8 Å². The Hall–Kier alpha value is -1.54. The fraction of sp³-hybridized carbons (Fsp3) is 0.385. The lowest BCUT2D eigenvalue weighted by molar-refractivity contribution is -0.128. The predicted octanol–water partition coefficient (Wildman–Crippen LogP) is 2.50. The molecule has 5 heteroatoms. The van der Waals surface area contributed by atoms with Gasteiger partial charge in [0.1, 0.15) is 0 Å². The van der Waals surface area contributed by atoms with E-state index in [1.54, 1.807) is 19.2 Å². The summed E-state index contributed by atoms with van der Waals surface area (Å²) in [6.07, 6.45) is 0. The van der Waals surface area contributed by atoms with E-state index in [1.807, 2.05) is 19.9 Å². The Labute approximate surface area is 116 Å². The Morgan fingerprint density at radius 1 is 1.50 bits per heavy atom. The summed E-state index contributed by atoms with van der Waals surface area (Å²) in [6, 6.07) is 7.38. The van der Waals surface area contributed by atoms with Crippen molar-refractivity contribution in [3.05, 3.63) is 28.2 Å². The molecule has 2 N–H and O–H groups in total. The molecule has 0 aliphatic carbocycles. The van der Waals surface area contributed by atoms with Gasteiger partial charge in [-0.2, -0.15) is 5.26 Å². The zero-order valence-corrected chi connectivity index (χ0v) is 12.3. The summed E-state index contributed by atoms with van der Waals surface area (Å²) in [6.45, 7) is 4.25. The molecule has 1 rings (SSSR count). The lowest BCUT2D eigenvalue weighted by Gasteiger charge is -2.23. The van der Waals surface area contributed by atoms with Gasteiger partial charge in [-0.3, -0.25) is 4.79 Å². The Morgan fingerprint density at radius 3 is 2.67 bits per heavy atom. The molecule has 0 fully saturated rings. The third-order valence-corrected chi connectivity index (χ3v) is 3.32. The SMILES string of the molecule is CNC(=O)C(C)(C)CNc1ccc(C#N)cc1Br. The highest BCUT2D eigenvalue weighted by Gasteiger charge is 2.26. The lowest BCUT2D eigenvalue weighted by Crippen LogP contribution is -2.39. The van der Waals surface area contributed by atoms with Gasteiger partial charge in [0.05, 0.1) is 17.0 Å². The second kappa shape index (κ2) is 5.87. The number of halogens is 1. The lowest BCUT2D eigenvalue weighted by atomic mass is 9.92. The fourth-order valence-electron chi connectivity index (χ4n) is 1.46. The molecule has 0 heterocycles. The molecular weight excluding hydrogens is 294 g/mol. The van der Waals surface area contributed by atoms with Crippen molar-refractivity contribution >= 4 is 27.5 Å². The number of amides is 1. The zero-order chi connectivity index (χ0) is 13.8. The first-order valence-electron chi connectivity index (χ1n) is 5.56. The van der Waals surface area contributed by atoms with Crippen LogP contribution in [0.3, 0.4) is 0 Å². The van der Waals surface area contributed by atoms with Crippen LogP contribution in [0.5, 0.6) is 0 Å². The van der Waals surface area contributed by atoms with Crippen LogP contribution in [0.4, 0.5) is 5.69 Å². The van der Waals surface area contributed by atoms with Crippen molar-refractivity contribution in [1.29, 1.82) is 5.26 Å². The second-order valence-electron chi connectivity index (χ2n) is 4.62. The number of nitrogens with one attached hydrogen (secondary N) is 2. The van der Waals surface area contributed by atoms with Crippen molar-refractivity contribution in [1.82, 2.24) is 5.32 Å². The largest absolute Gasteiger partial charge is 0.383 e. The molecule has 0 aliphatic heterocycles. The molecule has 18 heavy (non-hydrogen) atoms. The third-order valence-electron chi connectivity index (χ3n) is 2.66. The van der Waals surface area contributed by atoms with Crippen LogP contribution in [0.25, 0.3) is 0 Å². The zero-order valence-electron chi connectivity index (χ0n) is 10.7. The van der Waals surface area contributed by atoms with Gasteiger partial charge in [-0.05, 0) is 48.0 Å². The molecule has 0 unspecified atom stereocenters. The van der Waals surface area contributed by atoms with E-state index >= 15 is 0 Å². The number of hydrogen-bond donors (Lipinski definition) is 2. The number of carbonyl (C=O) groups excluding carboxylic acids is 1. The number of rotatable bonds is 4. The van der Waals surface area contributed by atoms with Gasteiger partial charge in [-0.1, -0.05) is 0 Å². The molecular formula is C13H16BrN3O. The Kier molecular flexibility index (Phi) is 4.74. The van der Waals surface area contributed by atoms with E-state index in [2.05, 4.69) is 32.6 Å². The minimum atomic E-state index is -0.498. The summed E-state index contributed by atoms with van der Waals surface area (Å²) in [4.78, 5) is 11.6. The van der Waals surface area contributed by atoms with E-state index in [1.165, 1.54) is 0 Å². The summed E-state index contributed by atoms with van der Waals surface area (Å²) < 4.78 is 0.814. The molecule has 0 radical (unpaired) electrons. The molecule has 1 aromatic carbocycles. The molecule has 0 saturated carbocycles. The highest BCUT2D eigenvalue weighted by molar-refractivity contribution is 9.10. The molecule has 96 valence electrons. The Bertz CT molecular complexity index is 491. The molecule has 0 atom stereocenters. The second-order valence-corrected chi connectivity index (χ2v) is 5.48. The summed E-state index contributed by atoms with van der Waals surface area (Å²) >= 11 is 3.40. The van der Waals surface area contributed by atoms with Crippen molar-refractivity contribution in [2.24, 2.45) is 5.41 Å². The Morgan fingerprint density at radius 2 is 2.17 bits per heavy atom. The van der Waals surface area contributed by atoms with E-state index in [0.29, 0.717) is 12.1 Å². The number of nitrogens with zero attached hydrogens (tertiary/aromatic N) is 1. The fourth-order valence-corrected chi connectivity index (χ4v) is 1.98. The highest BCUT2D eigenvalue weighted by atomic mass is 79.9. The molecule has 0 aliphatic rings. The molecule has 0 bridgehead atoms. The van der Waals surface area contributed by atoms with Crippen LogP contribution in [0.2, 0.25) is 0 Å². The number of anilines is 1. The summed E-state index contributed by atoms with van der Waals surface area (Å²) in [7, 11) is 1.63. The van der Waals surface area contributed by atoms with Crippen LogP contribution in [0, 0.1) is 16.7 Å². The smallest absolute Gasteiger partial charge is 0.227 e. The van der Waals surface area contributed by atoms with Crippen LogP contribution >= 0.6 is 15.9 Å². The van der Waals surface area contributed by atoms with Crippen LogP contribution in [0.1, 0.15) is 19.4 Å². The molecule has 4 nitrogen and oxygen atoms in total. The first-order chi connectivity index (χ1) is 8.40. The molecule has 1 aromatic rings. The van der Waals surface area contributed by atoms with Crippen molar-refractivity contribution in [3.8, 4) is 6.07 Å². The van der Waals surface area contributed by atoms with Crippen molar-refractivity contribution < 1.29 is 4.79 Å². The van der Waals surface area contributed by atoms with E-state index in [4.69, 9.17) is 5.26 Å². The maximum atomic E-state index is 11.6. The number of nitriles is 1. The van der Waals surface area contributed by atoms with Gasteiger partial charge in [0.2, 0.25) is 5.91 Å². The normalized spacial score (nSPS) is 10.6. The van der Waals surface area contributed by atoms with E-state index in [0.717, 1.165) is 10.2 Å². The predicted molar refractivity (Wildman–Crippen MR) is 75.2 cm³/mol. The van der Waals surface area contributed by atoms with Crippen molar-refractivity contribution in [3.63, 3.8) is 0 Å². The van der Waals surface area contributed by atoms with Gasteiger partial charge in [0.25, 0.3) is 0 Å². The van der Waals surface area contributed by atoms with Gasteiger partial charge in [0, 0.05) is 23.8 Å². The monoisotopic (exact) mass is 309 g/mol. The van der Waals surface area contributed by atoms with E-state index < -0.39 is 5.41 Å². The first-order valence-corrected chi connectivity index (χ1v) is 6.35. The van der Waals surface area contributed by atoms with Crippen LogP contribution < -0.4 is 10.6 Å². The van der Waals surface area contributed by atoms with Crippen LogP contribution in [-0.2, 0) is 4.79 Å². The molecule has 0 saturated heterocycles. The maximum Gasteiger partial charge on any atom is 0.227 e. The van der Waals surface area contributed by atoms with Crippen LogP contribution in [0.15, 0.2) is 22.7 Å². The van der Waals surface area contributed by atoms with Gasteiger partial charge < -0.3 is 10.6 Å². The highest BCUT2D eigenvalue weighted by Crippen LogP contribution is 2.25. The maximum absolute atomic E-state index is 11.6. The first kappa shape index (κ1) is 14.5. The molecule has 1 amide bonds. The standard InChI is InChI=1S/C13H16BrN3O/c1-13(2,12(18)16-3)8-17-11-5-4-9(7-15)6-10(11)14/h4-6,17H,8H2,1-3H3,(H,16,18). The molecule has 0 aromatic heterocycles. The summed E-state index contributed by atoms with van der Waals surface area (Å²) in [5.41, 5.74) is 0.964. The summed E-state index contributed by atoms with van der Waals surface area (Å²) in [5, 5.41) is 14.6. The average Bonchev–Trinajstić information content (AvgIpc) is 2.36. The topological polar surface area (TPSA) is 64.9 Å². The van der Waals surface area contributed by atoms with Crippen LogP contribution in [-0.4, -0.2) is 19.5 Å². The number of benzene rings is 1. The minimum Gasteiger partial charge on any atom is -0.383 e. The van der Waals surface area contributed by atoms with Crippen molar-refractivity contribution in [2.75, 3.05) is 18.9 Å². The third kappa shape index (κ3) is 3.47. The van der Waals surface area contributed by atoms with Gasteiger partial charge in [-0.15, -0.1) is 0 Å².